The summed E-state index contributed by atoms with van der Waals surface area (Å²) in [6.45, 7) is 0.111. The predicted octanol–water partition coefficient (Wildman–Crippen LogP) is 1.59. The maximum absolute atomic E-state index is 12.3. The molecule has 112 valence electrons. The van der Waals surface area contributed by atoms with Crippen LogP contribution in [0.3, 0.4) is 0 Å². The molecule has 0 saturated heterocycles. The fraction of sp³-hybridized carbons (Fsp3) is 0.0625. The number of nitrogens with zero attached hydrogens (tertiary/aromatic N) is 5. The van der Waals surface area contributed by atoms with E-state index in [1.165, 1.54) is 4.90 Å². The van der Waals surface area contributed by atoms with Gasteiger partial charge >= 0.3 is 0 Å². The lowest BCUT2D eigenvalue weighted by Crippen LogP contribution is -2.31. The van der Waals surface area contributed by atoms with Crippen LogP contribution in [0.25, 0.3) is 11.4 Å². The van der Waals surface area contributed by atoms with Crippen LogP contribution >= 0.6 is 0 Å². The number of imidazole rings is 1. The number of imide groups is 1. The summed E-state index contributed by atoms with van der Waals surface area (Å²) in [5, 5.41) is 0. The average Bonchev–Trinajstić information content (AvgIpc) is 3.16. The van der Waals surface area contributed by atoms with Gasteiger partial charge in [-0.2, -0.15) is 0 Å². The van der Waals surface area contributed by atoms with Crippen molar-refractivity contribution in [1.29, 1.82) is 0 Å². The normalized spacial score (nSPS) is 13.5. The molecule has 0 radical (unpaired) electrons. The predicted molar refractivity (Wildman–Crippen MR) is 80.2 cm³/mol. The Hall–Kier alpha value is -3.35. The first-order chi connectivity index (χ1) is 11.2. The van der Waals surface area contributed by atoms with Gasteiger partial charge < -0.3 is 4.57 Å². The summed E-state index contributed by atoms with van der Waals surface area (Å²) in [6, 6.07) is 6.82. The van der Waals surface area contributed by atoms with Crippen molar-refractivity contribution in [3.8, 4) is 11.4 Å². The third kappa shape index (κ3) is 2.18. The minimum Gasteiger partial charge on any atom is -0.318 e. The molecule has 3 heterocycles. The molecule has 1 aliphatic rings. The molecule has 0 saturated carbocycles. The highest BCUT2D eigenvalue weighted by Gasteiger charge is 2.35. The number of rotatable bonds is 3. The van der Waals surface area contributed by atoms with Crippen molar-refractivity contribution in [3.05, 3.63) is 66.5 Å². The molecule has 1 aromatic carbocycles. The first-order valence-electron chi connectivity index (χ1n) is 6.97. The van der Waals surface area contributed by atoms with Gasteiger partial charge in [-0.25, -0.2) is 4.98 Å². The Morgan fingerprint density at radius 3 is 2.30 bits per heavy atom. The van der Waals surface area contributed by atoms with Crippen LogP contribution in [-0.2, 0) is 6.67 Å². The van der Waals surface area contributed by atoms with Crippen LogP contribution in [-0.4, -0.2) is 36.2 Å². The third-order valence-corrected chi connectivity index (χ3v) is 3.64. The van der Waals surface area contributed by atoms with E-state index >= 15 is 0 Å². The quantitative estimate of drug-likeness (QED) is 0.686. The molecule has 0 unspecified atom stereocenters. The molecule has 2 aromatic heterocycles. The third-order valence-electron chi connectivity index (χ3n) is 3.64. The Kier molecular flexibility index (Phi) is 2.97. The molecule has 7 nitrogen and oxygen atoms in total. The monoisotopic (exact) mass is 305 g/mol. The molecule has 3 aromatic rings. The van der Waals surface area contributed by atoms with Crippen LogP contribution in [0.15, 0.2) is 55.4 Å². The fourth-order valence-corrected chi connectivity index (χ4v) is 2.53. The Balaban J connectivity index is 1.60. The molecule has 4 rings (SSSR count). The molecule has 2 amide bonds. The van der Waals surface area contributed by atoms with Crippen LogP contribution in [0.1, 0.15) is 20.7 Å². The lowest BCUT2D eigenvalue weighted by Gasteiger charge is -2.13. The average molecular weight is 305 g/mol. The van der Waals surface area contributed by atoms with Gasteiger partial charge in [-0.1, -0.05) is 12.1 Å². The van der Waals surface area contributed by atoms with Crippen molar-refractivity contribution < 1.29 is 9.59 Å². The highest BCUT2D eigenvalue weighted by atomic mass is 16.2. The van der Waals surface area contributed by atoms with Crippen molar-refractivity contribution in [1.82, 2.24) is 24.4 Å². The first-order valence-corrected chi connectivity index (χ1v) is 6.97. The van der Waals surface area contributed by atoms with E-state index in [4.69, 9.17) is 0 Å². The summed E-state index contributed by atoms with van der Waals surface area (Å²) in [7, 11) is 0. The second-order valence-corrected chi connectivity index (χ2v) is 5.09. The SMILES string of the molecule is O=C1c2ccccc2C(=O)N1Cn1cnc(-c2cnccn2)c1. The second-order valence-electron chi connectivity index (χ2n) is 5.09. The summed E-state index contributed by atoms with van der Waals surface area (Å²) < 4.78 is 1.67. The van der Waals surface area contributed by atoms with Gasteiger partial charge in [0.05, 0.1) is 23.7 Å². The zero-order chi connectivity index (χ0) is 15.8. The number of benzene rings is 1. The minimum atomic E-state index is -0.291. The van der Waals surface area contributed by atoms with Crippen LogP contribution in [0.2, 0.25) is 0 Å². The minimum absolute atomic E-state index is 0.111. The largest absolute Gasteiger partial charge is 0.318 e. The van der Waals surface area contributed by atoms with Gasteiger partial charge in [0.1, 0.15) is 18.1 Å². The highest BCUT2D eigenvalue weighted by Crippen LogP contribution is 2.23. The summed E-state index contributed by atoms with van der Waals surface area (Å²) in [6.07, 6.45) is 8.06. The van der Waals surface area contributed by atoms with Gasteiger partial charge in [-0.15, -0.1) is 0 Å². The van der Waals surface area contributed by atoms with Crippen LogP contribution in [0, 0.1) is 0 Å². The van der Waals surface area contributed by atoms with E-state index in [9.17, 15) is 9.59 Å². The number of aromatic nitrogens is 4. The van der Waals surface area contributed by atoms with E-state index in [1.807, 2.05) is 0 Å². The van der Waals surface area contributed by atoms with Crippen molar-refractivity contribution in [2.45, 2.75) is 6.67 Å². The molecule has 0 N–H and O–H groups in total. The maximum atomic E-state index is 12.3. The van der Waals surface area contributed by atoms with Crippen LogP contribution < -0.4 is 0 Å². The fourth-order valence-electron chi connectivity index (χ4n) is 2.53. The molecule has 7 heteroatoms. The molecule has 0 fully saturated rings. The highest BCUT2D eigenvalue weighted by molar-refractivity contribution is 6.21. The van der Waals surface area contributed by atoms with E-state index in [0.717, 1.165) is 0 Å². The smallest absolute Gasteiger partial charge is 0.263 e. The summed E-state index contributed by atoms with van der Waals surface area (Å²) in [5.74, 6) is -0.583. The van der Waals surface area contributed by atoms with Crippen molar-refractivity contribution in [3.63, 3.8) is 0 Å². The van der Waals surface area contributed by atoms with Crippen LogP contribution in [0.4, 0.5) is 0 Å². The van der Waals surface area contributed by atoms with Crippen molar-refractivity contribution in [2.75, 3.05) is 0 Å². The number of carbonyl (C=O) groups excluding carboxylic acids is 2. The number of hydrogen-bond donors (Lipinski definition) is 0. The van der Waals surface area contributed by atoms with Crippen molar-refractivity contribution >= 4 is 11.8 Å². The maximum Gasteiger partial charge on any atom is 0.263 e. The summed E-state index contributed by atoms with van der Waals surface area (Å²) in [4.78, 5) is 38.3. The Morgan fingerprint density at radius 1 is 0.913 bits per heavy atom. The van der Waals surface area contributed by atoms with E-state index in [2.05, 4.69) is 15.0 Å². The van der Waals surface area contributed by atoms with Gasteiger partial charge in [0, 0.05) is 18.6 Å². The molecule has 23 heavy (non-hydrogen) atoms. The van der Waals surface area contributed by atoms with E-state index in [-0.39, 0.29) is 18.5 Å². The molecule has 1 aliphatic heterocycles. The van der Waals surface area contributed by atoms with E-state index in [1.54, 1.807) is 59.9 Å². The molecular formula is C16H11N5O2. The zero-order valence-corrected chi connectivity index (χ0v) is 12.0. The molecule has 0 bridgehead atoms. The summed E-state index contributed by atoms with van der Waals surface area (Å²) in [5.41, 5.74) is 2.14. The van der Waals surface area contributed by atoms with Gasteiger partial charge in [-0.3, -0.25) is 24.5 Å². The van der Waals surface area contributed by atoms with Crippen molar-refractivity contribution in [2.24, 2.45) is 0 Å². The molecule has 0 aliphatic carbocycles. The number of carbonyl (C=O) groups is 2. The van der Waals surface area contributed by atoms with Crippen LogP contribution in [0.5, 0.6) is 0 Å². The number of fused-ring (bicyclic) bond motifs is 1. The Bertz CT molecular complexity index is 869. The molecular weight excluding hydrogens is 294 g/mol. The lowest BCUT2D eigenvalue weighted by atomic mass is 10.1. The lowest BCUT2D eigenvalue weighted by molar-refractivity contribution is 0.0606. The summed E-state index contributed by atoms with van der Waals surface area (Å²) >= 11 is 0. The Morgan fingerprint density at radius 2 is 1.65 bits per heavy atom. The van der Waals surface area contributed by atoms with E-state index < -0.39 is 0 Å². The van der Waals surface area contributed by atoms with Gasteiger partial charge in [0.25, 0.3) is 11.8 Å². The second kappa shape index (κ2) is 5.13. The van der Waals surface area contributed by atoms with Gasteiger partial charge in [0.15, 0.2) is 0 Å². The number of amides is 2. The number of hydrogen-bond acceptors (Lipinski definition) is 5. The zero-order valence-electron chi connectivity index (χ0n) is 12.0. The van der Waals surface area contributed by atoms with Gasteiger partial charge in [-0.05, 0) is 12.1 Å². The standard InChI is InChI=1S/C16H11N5O2/c22-15-11-3-1-2-4-12(11)16(23)21(15)10-20-8-14(19-9-20)13-7-17-5-6-18-13/h1-9H,10H2. The van der Waals surface area contributed by atoms with E-state index in [0.29, 0.717) is 22.5 Å². The topological polar surface area (TPSA) is 81.0 Å². The first kappa shape index (κ1) is 13.3. The van der Waals surface area contributed by atoms with Gasteiger partial charge in [0.2, 0.25) is 0 Å². The molecule has 0 spiro atoms. The molecule has 0 atom stereocenters. The Labute approximate surface area is 131 Å².